The van der Waals surface area contributed by atoms with E-state index in [1.54, 1.807) is 7.11 Å². The summed E-state index contributed by atoms with van der Waals surface area (Å²) in [6.07, 6.45) is 0. The van der Waals surface area contributed by atoms with Crippen LogP contribution in [0, 0.1) is 6.92 Å². The van der Waals surface area contributed by atoms with Gasteiger partial charge >= 0.3 is 0 Å². The van der Waals surface area contributed by atoms with Crippen LogP contribution in [0.1, 0.15) is 24.1 Å². The molecule has 0 radical (unpaired) electrons. The second-order valence-electron chi connectivity index (χ2n) is 6.64. The summed E-state index contributed by atoms with van der Waals surface area (Å²) < 4.78 is 11.0. The molecule has 0 aromatic heterocycles. The van der Waals surface area contributed by atoms with Crippen molar-refractivity contribution in [2.75, 3.05) is 24.4 Å². The molecule has 1 amide bonds. The number of carbonyl (C=O) groups excluding carboxylic acids is 1. The van der Waals surface area contributed by atoms with Gasteiger partial charge in [-0.2, -0.15) is 0 Å². The van der Waals surface area contributed by atoms with E-state index in [0.717, 1.165) is 22.5 Å². The molecular weight excluding hydrogens is 364 g/mol. The van der Waals surface area contributed by atoms with Crippen molar-refractivity contribution in [3.63, 3.8) is 0 Å². The van der Waals surface area contributed by atoms with Crippen molar-refractivity contribution < 1.29 is 14.3 Å². The third-order valence-corrected chi connectivity index (χ3v) is 4.49. The van der Waals surface area contributed by atoms with Gasteiger partial charge in [-0.05, 0) is 43.7 Å². The van der Waals surface area contributed by atoms with Crippen molar-refractivity contribution in [3.05, 3.63) is 83.9 Å². The average molecular weight is 390 g/mol. The maximum Gasteiger partial charge on any atom is 0.251 e. The number of ether oxygens (including phenoxy) is 2. The second kappa shape index (κ2) is 9.64. The first kappa shape index (κ1) is 20.3. The Kier molecular flexibility index (Phi) is 6.74. The van der Waals surface area contributed by atoms with E-state index in [4.69, 9.17) is 9.47 Å². The first-order valence-corrected chi connectivity index (χ1v) is 9.60. The molecule has 3 aromatic rings. The Morgan fingerprint density at radius 2 is 1.62 bits per heavy atom. The Morgan fingerprint density at radius 1 is 0.931 bits per heavy atom. The zero-order valence-electron chi connectivity index (χ0n) is 16.9. The average Bonchev–Trinajstić information content (AvgIpc) is 2.75. The van der Waals surface area contributed by atoms with Crippen LogP contribution in [0.4, 0.5) is 11.4 Å². The van der Waals surface area contributed by atoms with E-state index in [9.17, 15) is 4.79 Å². The van der Waals surface area contributed by atoms with Crippen molar-refractivity contribution in [1.82, 2.24) is 0 Å². The third-order valence-electron chi connectivity index (χ3n) is 4.49. The van der Waals surface area contributed by atoms with Gasteiger partial charge in [0.15, 0.2) is 11.5 Å². The number of hydrogen-bond donors (Lipinski definition) is 2. The number of carbonyl (C=O) groups is 1. The van der Waals surface area contributed by atoms with Crippen molar-refractivity contribution in [3.8, 4) is 11.5 Å². The third kappa shape index (κ3) is 5.29. The van der Waals surface area contributed by atoms with Crippen molar-refractivity contribution >= 4 is 17.3 Å². The highest BCUT2D eigenvalue weighted by molar-refractivity contribution is 5.97. The van der Waals surface area contributed by atoms with E-state index in [1.165, 1.54) is 0 Å². The maximum atomic E-state index is 13.1. The lowest BCUT2D eigenvalue weighted by Crippen LogP contribution is -2.27. The molecule has 0 heterocycles. The van der Waals surface area contributed by atoms with Crippen LogP contribution in [0.25, 0.3) is 0 Å². The number of methoxy groups -OCH3 is 1. The lowest BCUT2D eigenvalue weighted by Gasteiger charge is -2.21. The molecule has 1 atom stereocenters. The number of anilines is 2. The largest absolute Gasteiger partial charge is 0.493 e. The lowest BCUT2D eigenvalue weighted by molar-refractivity contribution is -0.117. The Morgan fingerprint density at radius 3 is 2.28 bits per heavy atom. The number of nitrogens with one attached hydrogen (secondary N) is 2. The van der Waals surface area contributed by atoms with Gasteiger partial charge in [-0.25, -0.2) is 0 Å². The minimum absolute atomic E-state index is 0.145. The molecule has 3 aromatic carbocycles. The molecule has 0 saturated heterocycles. The molecule has 5 nitrogen and oxygen atoms in total. The molecule has 5 heteroatoms. The Balaban J connectivity index is 1.86. The summed E-state index contributed by atoms with van der Waals surface area (Å²) in [6, 6.07) is 22.3. The van der Waals surface area contributed by atoms with Gasteiger partial charge in [0.2, 0.25) is 0 Å². The predicted molar refractivity (Wildman–Crippen MR) is 117 cm³/mol. The summed E-state index contributed by atoms with van der Waals surface area (Å²) in [4.78, 5) is 13.1. The fraction of sp³-hybridized carbons (Fsp3) is 0.208. The molecule has 0 fully saturated rings. The van der Waals surface area contributed by atoms with Gasteiger partial charge in [-0.1, -0.05) is 48.0 Å². The molecule has 2 N–H and O–H groups in total. The van der Waals surface area contributed by atoms with Crippen LogP contribution in [0.15, 0.2) is 72.8 Å². The molecule has 0 unspecified atom stereocenters. The fourth-order valence-corrected chi connectivity index (χ4v) is 3.00. The molecule has 0 saturated carbocycles. The van der Waals surface area contributed by atoms with Crippen molar-refractivity contribution in [2.45, 2.75) is 19.9 Å². The summed E-state index contributed by atoms with van der Waals surface area (Å²) in [5.41, 5.74) is 3.53. The summed E-state index contributed by atoms with van der Waals surface area (Å²) in [7, 11) is 1.60. The highest BCUT2D eigenvalue weighted by Gasteiger charge is 2.21. The lowest BCUT2D eigenvalue weighted by atomic mass is 10.1. The summed E-state index contributed by atoms with van der Waals surface area (Å²) in [5.74, 6) is 1.14. The van der Waals surface area contributed by atoms with Gasteiger partial charge in [-0.3, -0.25) is 4.79 Å². The molecule has 0 aliphatic rings. The van der Waals surface area contributed by atoms with Crippen LogP contribution in [0.2, 0.25) is 0 Å². The van der Waals surface area contributed by atoms with Gasteiger partial charge in [0.25, 0.3) is 5.91 Å². The van der Waals surface area contributed by atoms with Gasteiger partial charge in [0, 0.05) is 17.4 Å². The van der Waals surface area contributed by atoms with Crippen LogP contribution < -0.4 is 20.1 Å². The molecule has 150 valence electrons. The van der Waals surface area contributed by atoms with E-state index in [1.807, 2.05) is 86.6 Å². The number of amides is 1. The number of rotatable bonds is 8. The zero-order valence-corrected chi connectivity index (χ0v) is 16.9. The van der Waals surface area contributed by atoms with Gasteiger partial charge in [0.05, 0.1) is 13.7 Å². The SMILES string of the molecule is CCOc1ccc(N[C@@H](C(=O)Nc2ccc(C)cc2)c2ccccc2)cc1OC. The van der Waals surface area contributed by atoms with E-state index in [2.05, 4.69) is 10.6 Å². The van der Waals surface area contributed by atoms with E-state index in [-0.39, 0.29) is 5.91 Å². The van der Waals surface area contributed by atoms with Crippen LogP contribution >= 0.6 is 0 Å². The van der Waals surface area contributed by atoms with E-state index < -0.39 is 6.04 Å². The normalized spacial score (nSPS) is 11.4. The molecule has 29 heavy (non-hydrogen) atoms. The zero-order chi connectivity index (χ0) is 20.6. The Labute approximate surface area is 171 Å². The Bertz CT molecular complexity index is 940. The first-order chi connectivity index (χ1) is 14.1. The molecule has 0 aliphatic carbocycles. The first-order valence-electron chi connectivity index (χ1n) is 9.60. The van der Waals surface area contributed by atoms with Crippen LogP contribution in [-0.2, 0) is 4.79 Å². The van der Waals surface area contributed by atoms with Crippen molar-refractivity contribution in [1.29, 1.82) is 0 Å². The van der Waals surface area contributed by atoms with Crippen molar-refractivity contribution in [2.24, 2.45) is 0 Å². The van der Waals surface area contributed by atoms with E-state index in [0.29, 0.717) is 18.1 Å². The number of hydrogen-bond acceptors (Lipinski definition) is 4. The molecule has 0 aliphatic heterocycles. The molecule has 0 spiro atoms. The summed E-state index contributed by atoms with van der Waals surface area (Å²) in [6.45, 7) is 4.49. The summed E-state index contributed by atoms with van der Waals surface area (Å²) >= 11 is 0. The van der Waals surface area contributed by atoms with Gasteiger partial charge in [0.1, 0.15) is 6.04 Å². The monoisotopic (exact) mass is 390 g/mol. The highest BCUT2D eigenvalue weighted by atomic mass is 16.5. The van der Waals surface area contributed by atoms with Crippen LogP contribution in [-0.4, -0.2) is 19.6 Å². The fourth-order valence-electron chi connectivity index (χ4n) is 3.00. The topological polar surface area (TPSA) is 59.6 Å². The van der Waals surface area contributed by atoms with Gasteiger partial charge in [-0.15, -0.1) is 0 Å². The standard InChI is InChI=1S/C24H26N2O3/c1-4-29-21-15-14-20(16-22(21)28-3)25-23(18-8-6-5-7-9-18)24(27)26-19-12-10-17(2)11-13-19/h5-16,23,25H,4H2,1-3H3,(H,26,27)/t23-/m1/s1. The summed E-state index contributed by atoms with van der Waals surface area (Å²) in [5, 5.41) is 6.31. The Hall–Kier alpha value is -3.47. The van der Waals surface area contributed by atoms with Crippen LogP contribution in [0.5, 0.6) is 11.5 Å². The molecule has 3 rings (SSSR count). The minimum Gasteiger partial charge on any atom is -0.493 e. The second-order valence-corrected chi connectivity index (χ2v) is 6.64. The predicted octanol–water partition coefficient (Wildman–Crippen LogP) is 5.19. The van der Waals surface area contributed by atoms with Gasteiger partial charge < -0.3 is 20.1 Å². The van der Waals surface area contributed by atoms with E-state index >= 15 is 0 Å². The molecular formula is C24H26N2O3. The quantitative estimate of drug-likeness (QED) is 0.555. The maximum absolute atomic E-state index is 13.1. The number of benzene rings is 3. The highest BCUT2D eigenvalue weighted by Crippen LogP contribution is 2.32. The minimum atomic E-state index is -0.569. The van der Waals surface area contributed by atoms with Crippen LogP contribution in [0.3, 0.4) is 0 Å². The smallest absolute Gasteiger partial charge is 0.251 e. The number of aryl methyl sites for hydroxylation is 1. The molecule has 0 bridgehead atoms.